The number of nitrogens with one attached hydrogen (secondary N) is 3. The lowest BCUT2D eigenvalue weighted by Crippen LogP contribution is -2.57. The Morgan fingerprint density at radius 1 is 1.11 bits per heavy atom. The van der Waals surface area contributed by atoms with Gasteiger partial charge in [-0.3, -0.25) is 24.4 Å². The number of carbonyl (C=O) groups is 4. The van der Waals surface area contributed by atoms with Crippen LogP contribution in [0.4, 0.5) is 0 Å². The Bertz CT molecular complexity index is 920. The number of benzene rings is 1. The van der Waals surface area contributed by atoms with Crippen molar-refractivity contribution in [3.63, 3.8) is 0 Å². The first-order chi connectivity index (χ1) is 17.5. The summed E-state index contributed by atoms with van der Waals surface area (Å²) in [7, 11) is 1.57. The van der Waals surface area contributed by atoms with Gasteiger partial charge in [0.05, 0.1) is 7.11 Å². The fraction of sp³-hybridized carbons (Fsp3) is 0.630. The molecule has 1 saturated heterocycles. The van der Waals surface area contributed by atoms with Crippen LogP contribution in [0.2, 0.25) is 0 Å². The maximum atomic E-state index is 13.4. The van der Waals surface area contributed by atoms with Crippen LogP contribution in [-0.4, -0.2) is 66.0 Å². The zero-order chi connectivity index (χ0) is 27.6. The molecule has 0 aliphatic carbocycles. The van der Waals surface area contributed by atoms with Gasteiger partial charge < -0.3 is 20.3 Å². The van der Waals surface area contributed by atoms with E-state index in [1.807, 2.05) is 27.7 Å². The van der Waals surface area contributed by atoms with Crippen LogP contribution < -0.4 is 20.9 Å². The molecule has 4 amide bonds. The zero-order valence-corrected chi connectivity index (χ0v) is 22.6. The number of piperidine rings is 1. The first-order valence-electron chi connectivity index (χ1n) is 13.0. The molecule has 0 bridgehead atoms. The molecule has 1 aliphatic rings. The van der Waals surface area contributed by atoms with Crippen molar-refractivity contribution in [1.82, 2.24) is 21.0 Å². The number of ether oxygens (including phenoxy) is 1. The van der Waals surface area contributed by atoms with Crippen molar-refractivity contribution in [3.05, 3.63) is 29.8 Å². The number of unbranched alkanes of at least 4 members (excludes halogenated alkanes) is 1. The van der Waals surface area contributed by atoms with E-state index in [0.29, 0.717) is 43.7 Å². The van der Waals surface area contributed by atoms with Crippen LogP contribution in [0.15, 0.2) is 24.3 Å². The van der Waals surface area contributed by atoms with Crippen LogP contribution in [0.5, 0.6) is 5.75 Å². The number of hydrogen-bond donors (Lipinski definition) is 4. The van der Waals surface area contributed by atoms with Crippen molar-refractivity contribution in [2.75, 3.05) is 20.2 Å². The van der Waals surface area contributed by atoms with Gasteiger partial charge in [-0.05, 0) is 48.9 Å². The second-order valence-electron chi connectivity index (χ2n) is 10.7. The summed E-state index contributed by atoms with van der Waals surface area (Å²) in [4.78, 5) is 52.6. The lowest BCUT2D eigenvalue weighted by molar-refractivity contribution is -0.141. The first kappa shape index (κ1) is 30.1. The van der Waals surface area contributed by atoms with Crippen LogP contribution in [0.1, 0.15) is 76.6 Å². The van der Waals surface area contributed by atoms with Crippen LogP contribution in [0, 0.1) is 11.3 Å². The summed E-state index contributed by atoms with van der Waals surface area (Å²) in [5.74, 6) is -1.34. The topological polar surface area (TPSA) is 137 Å². The predicted octanol–water partition coefficient (Wildman–Crippen LogP) is 2.65. The summed E-state index contributed by atoms with van der Waals surface area (Å²) in [6, 6.07) is 6.06. The van der Waals surface area contributed by atoms with E-state index in [1.54, 1.807) is 41.8 Å². The highest BCUT2D eigenvalue weighted by atomic mass is 16.5. The summed E-state index contributed by atoms with van der Waals surface area (Å²) < 4.78 is 5.13. The molecule has 1 aromatic carbocycles. The standard InChI is InChI=1S/C27H42N4O6/c1-6-7-8-19(25(34)30-36)17-22(32)29-23(27(2,3)4)26(35)31-15-13-20(14-16-31)28-24(33)18-9-11-21(37-5)12-10-18/h9-12,19-20,23,36H,6-8,13-17H2,1-5H3,(H,28,33)(H,29,32)(H,30,34). The molecular formula is C27H42N4O6. The van der Waals surface area contributed by atoms with E-state index in [4.69, 9.17) is 9.94 Å². The summed E-state index contributed by atoms with van der Waals surface area (Å²) in [5.41, 5.74) is 1.63. The quantitative estimate of drug-likeness (QED) is 0.263. The molecule has 1 fully saturated rings. The minimum absolute atomic E-state index is 0.0577. The van der Waals surface area contributed by atoms with Crippen LogP contribution in [-0.2, 0) is 14.4 Å². The van der Waals surface area contributed by atoms with Gasteiger partial charge in [0.2, 0.25) is 17.7 Å². The number of carbonyl (C=O) groups excluding carboxylic acids is 4. The van der Waals surface area contributed by atoms with Crippen LogP contribution in [0.3, 0.4) is 0 Å². The van der Waals surface area contributed by atoms with Gasteiger partial charge in [0, 0.05) is 37.0 Å². The smallest absolute Gasteiger partial charge is 0.251 e. The summed E-state index contributed by atoms with van der Waals surface area (Å²) in [6.45, 7) is 8.55. The van der Waals surface area contributed by atoms with E-state index in [-0.39, 0.29) is 24.3 Å². The normalized spacial score (nSPS) is 15.9. The van der Waals surface area contributed by atoms with Gasteiger partial charge in [0.1, 0.15) is 11.8 Å². The Morgan fingerprint density at radius 2 is 1.73 bits per heavy atom. The van der Waals surface area contributed by atoms with Crippen LogP contribution in [0.25, 0.3) is 0 Å². The molecule has 206 valence electrons. The molecule has 1 heterocycles. The van der Waals surface area contributed by atoms with E-state index in [2.05, 4.69) is 10.6 Å². The Kier molecular flexibility index (Phi) is 11.4. The minimum Gasteiger partial charge on any atom is -0.497 e. The fourth-order valence-electron chi connectivity index (χ4n) is 4.40. The molecule has 2 atom stereocenters. The molecule has 4 N–H and O–H groups in total. The van der Waals surface area contributed by atoms with Crippen LogP contribution >= 0.6 is 0 Å². The Balaban J connectivity index is 1.95. The highest BCUT2D eigenvalue weighted by molar-refractivity contribution is 5.94. The fourth-order valence-corrected chi connectivity index (χ4v) is 4.40. The number of nitrogens with zero attached hydrogens (tertiary/aromatic N) is 1. The van der Waals surface area contributed by atoms with Crippen molar-refractivity contribution in [2.24, 2.45) is 11.3 Å². The van der Waals surface area contributed by atoms with Gasteiger partial charge in [-0.1, -0.05) is 40.5 Å². The third kappa shape index (κ3) is 9.03. The van der Waals surface area contributed by atoms with Gasteiger partial charge in [-0.25, -0.2) is 5.48 Å². The SMILES string of the molecule is CCCCC(CC(=O)NC(C(=O)N1CCC(NC(=O)c2ccc(OC)cc2)CC1)C(C)(C)C)C(=O)NO. The lowest BCUT2D eigenvalue weighted by Gasteiger charge is -2.38. The molecule has 0 aromatic heterocycles. The third-order valence-electron chi connectivity index (χ3n) is 6.73. The molecule has 10 nitrogen and oxygen atoms in total. The van der Waals surface area contributed by atoms with Crippen molar-refractivity contribution in [1.29, 1.82) is 0 Å². The zero-order valence-electron chi connectivity index (χ0n) is 22.6. The number of methoxy groups -OCH3 is 1. The van der Waals surface area contributed by atoms with Crippen molar-refractivity contribution in [2.45, 2.75) is 78.3 Å². The first-order valence-corrected chi connectivity index (χ1v) is 13.0. The molecule has 10 heteroatoms. The van der Waals surface area contributed by atoms with Crippen molar-refractivity contribution in [3.8, 4) is 5.75 Å². The minimum atomic E-state index is -0.769. The Hall–Kier alpha value is -3.14. The van der Waals surface area contributed by atoms with E-state index >= 15 is 0 Å². The van der Waals surface area contributed by atoms with Gasteiger partial charge in [0.15, 0.2) is 0 Å². The number of hydrogen-bond acceptors (Lipinski definition) is 6. The van der Waals surface area contributed by atoms with Gasteiger partial charge in [-0.15, -0.1) is 0 Å². The molecule has 1 aliphatic heterocycles. The monoisotopic (exact) mass is 518 g/mol. The van der Waals surface area contributed by atoms with E-state index in [0.717, 1.165) is 12.8 Å². The molecule has 0 radical (unpaired) electrons. The molecular weight excluding hydrogens is 476 g/mol. The third-order valence-corrected chi connectivity index (χ3v) is 6.73. The molecule has 2 unspecified atom stereocenters. The molecule has 2 rings (SSSR count). The van der Waals surface area contributed by atoms with Gasteiger partial charge in [-0.2, -0.15) is 0 Å². The van der Waals surface area contributed by atoms with Gasteiger partial charge in [0.25, 0.3) is 5.91 Å². The lowest BCUT2D eigenvalue weighted by atomic mass is 9.85. The maximum Gasteiger partial charge on any atom is 0.251 e. The predicted molar refractivity (Wildman–Crippen MR) is 139 cm³/mol. The number of likely N-dealkylation sites (tertiary alicyclic amines) is 1. The van der Waals surface area contributed by atoms with E-state index in [9.17, 15) is 19.2 Å². The number of hydroxylamine groups is 1. The van der Waals surface area contributed by atoms with Gasteiger partial charge >= 0.3 is 0 Å². The average Bonchev–Trinajstić information content (AvgIpc) is 2.88. The van der Waals surface area contributed by atoms with E-state index < -0.39 is 29.2 Å². The second-order valence-corrected chi connectivity index (χ2v) is 10.7. The molecule has 1 aromatic rings. The molecule has 37 heavy (non-hydrogen) atoms. The molecule has 0 saturated carbocycles. The molecule has 0 spiro atoms. The highest BCUT2D eigenvalue weighted by Gasteiger charge is 2.37. The number of amides is 4. The Morgan fingerprint density at radius 3 is 2.24 bits per heavy atom. The summed E-state index contributed by atoms with van der Waals surface area (Å²) in [5, 5.41) is 14.9. The largest absolute Gasteiger partial charge is 0.497 e. The highest BCUT2D eigenvalue weighted by Crippen LogP contribution is 2.24. The van der Waals surface area contributed by atoms with Crippen molar-refractivity contribution < 1.29 is 29.1 Å². The van der Waals surface area contributed by atoms with E-state index in [1.165, 1.54) is 0 Å². The average molecular weight is 519 g/mol. The Labute approximate surface area is 219 Å². The summed E-state index contributed by atoms with van der Waals surface area (Å²) in [6.07, 6.45) is 3.18. The summed E-state index contributed by atoms with van der Waals surface area (Å²) >= 11 is 0. The maximum absolute atomic E-state index is 13.4. The second kappa shape index (κ2) is 14.0. The van der Waals surface area contributed by atoms with Crippen molar-refractivity contribution >= 4 is 23.6 Å². The number of rotatable bonds is 11.